The molecule has 0 bridgehead atoms. The van der Waals surface area contributed by atoms with Crippen molar-refractivity contribution >= 4 is 11.6 Å². The van der Waals surface area contributed by atoms with Gasteiger partial charge in [0.1, 0.15) is 23.6 Å². The first-order chi connectivity index (χ1) is 15.4. The van der Waals surface area contributed by atoms with Crippen molar-refractivity contribution in [1.29, 1.82) is 0 Å². The van der Waals surface area contributed by atoms with Crippen molar-refractivity contribution in [1.82, 2.24) is 24.9 Å². The van der Waals surface area contributed by atoms with Crippen LogP contribution >= 0.6 is 0 Å². The lowest BCUT2D eigenvalue weighted by Gasteiger charge is -2.17. The molecule has 0 saturated carbocycles. The third-order valence-corrected chi connectivity index (χ3v) is 4.87. The first-order valence-corrected chi connectivity index (χ1v) is 10.0. The maximum absolute atomic E-state index is 13.0. The molecule has 0 fully saturated rings. The molecule has 0 spiro atoms. The van der Waals surface area contributed by atoms with E-state index in [1.54, 1.807) is 31.8 Å². The minimum Gasteiger partial charge on any atom is -0.497 e. The molecular formula is C23H22FN5O3. The van der Waals surface area contributed by atoms with Gasteiger partial charge < -0.3 is 14.8 Å². The van der Waals surface area contributed by atoms with Crippen LogP contribution in [0.3, 0.4) is 0 Å². The Morgan fingerprint density at radius 3 is 2.44 bits per heavy atom. The highest BCUT2D eigenvalue weighted by Gasteiger charge is 2.20. The average molecular weight is 435 g/mol. The summed E-state index contributed by atoms with van der Waals surface area (Å²) in [4.78, 5) is 21.5. The molecule has 0 aliphatic rings. The predicted molar refractivity (Wildman–Crippen MR) is 116 cm³/mol. The fourth-order valence-electron chi connectivity index (χ4n) is 3.08. The molecule has 32 heavy (non-hydrogen) atoms. The summed E-state index contributed by atoms with van der Waals surface area (Å²) in [5, 5.41) is 7.24. The summed E-state index contributed by atoms with van der Waals surface area (Å²) in [6.07, 6.45) is 0.809. The number of halogens is 1. The monoisotopic (exact) mass is 435 g/mol. The summed E-state index contributed by atoms with van der Waals surface area (Å²) in [5.74, 6) is 0.913. The van der Waals surface area contributed by atoms with Gasteiger partial charge >= 0.3 is 0 Å². The number of nitrogens with zero attached hydrogens (tertiary/aromatic N) is 4. The molecule has 1 N–H and O–H groups in total. The molecule has 2 atom stereocenters. The average Bonchev–Trinajstić information content (AvgIpc) is 3.24. The van der Waals surface area contributed by atoms with Crippen LogP contribution in [0, 0.1) is 5.82 Å². The Hall–Kier alpha value is -4.01. The molecule has 0 aliphatic heterocycles. The van der Waals surface area contributed by atoms with E-state index in [1.165, 1.54) is 24.3 Å². The van der Waals surface area contributed by atoms with E-state index in [9.17, 15) is 9.18 Å². The number of carbonyl (C=O) groups excluding carboxylic acids is 1. The number of aromatic nitrogens is 4. The standard InChI is InChI=1S/C23H22FN5O3/c1-14(26-23(30)15(2)32-19-10-6-17(24)7-11-19)22-27-21-12-20(25-13-29(21)28-22)16-4-8-18(31-3)9-5-16/h4-15H,1-3H3,(H,26,30)/t14-,15-/m1/s1. The fraction of sp³-hybridized carbons (Fsp3) is 0.217. The number of carbonyl (C=O) groups is 1. The first kappa shape index (κ1) is 21.2. The van der Waals surface area contributed by atoms with E-state index in [0.717, 1.165) is 17.0 Å². The van der Waals surface area contributed by atoms with E-state index < -0.39 is 12.1 Å². The van der Waals surface area contributed by atoms with Gasteiger partial charge in [-0.25, -0.2) is 18.9 Å². The number of rotatable bonds is 7. The van der Waals surface area contributed by atoms with Gasteiger partial charge in [0.25, 0.3) is 5.91 Å². The Labute approximate surface area is 184 Å². The van der Waals surface area contributed by atoms with Crippen molar-refractivity contribution in [2.45, 2.75) is 26.0 Å². The Kier molecular flexibility index (Phi) is 5.98. The second kappa shape index (κ2) is 9.01. The number of ether oxygens (including phenoxy) is 2. The van der Waals surface area contributed by atoms with E-state index in [0.29, 0.717) is 17.2 Å². The Balaban J connectivity index is 1.45. The van der Waals surface area contributed by atoms with Crippen LogP contribution in [-0.4, -0.2) is 38.7 Å². The number of fused-ring (bicyclic) bond motifs is 1. The van der Waals surface area contributed by atoms with Crippen molar-refractivity contribution in [3.8, 4) is 22.8 Å². The Morgan fingerprint density at radius 1 is 1.06 bits per heavy atom. The number of methoxy groups -OCH3 is 1. The highest BCUT2D eigenvalue weighted by Crippen LogP contribution is 2.22. The van der Waals surface area contributed by atoms with E-state index in [2.05, 4.69) is 20.4 Å². The molecule has 0 aliphatic carbocycles. The Morgan fingerprint density at radius 2 is 1.75 bits per heavy atom. The normalized spacial score (nSPS) is 12.9. The fourth-order valence-corrected chi connectivity index (χ4v) is 3.08. The maximum Gasteiger partial charge on any atom is 0.261 e. The predicted octanol–water partition coefficient (Wildman–Crippen LogP) is 3.58. The van der Waals surface area contributed by atoms with Gasteiger partial charge in [-0.1, -0.05) is 0 Å². The zero-order valence-corrected chi connectivity index (χ0v) is 17.8. The van der Waals surface area contributed by atoms with Crippen LogP contribution in [-0.2, 0) is 4.79 Å². The van der Waals surface area contributed by atoms with Gasteiger partial charge in [0, 0.05) is 11.6 Å². The van der Waals surface area contributed by atoms with Crippen LogP contribution < -0.4 is 14.8 Å². The van der Waals surface area contributed by atoms with E-state index in [1.807, 2.05) is 30.3 Å². The van der Waals surface area contributed by atoms with Gasteiger partial charge in [-0.15, -0.1) is 5.10 Å². The van der Waals surface area contributed by atoms with Gasteiger partial charge in [0.05, 0.1) is 18.8 Å². The molecule has 9 heteroatoms. The van der Waals surface area contributed by atoms with Crippen LogP contribution in [0.25, 0.3) is 16.9 Å². The van der Waals surface area contributed by atoms with E-state index in [4.69, 9.17) is 9.47 Å². The molecule has 164 valence electrons. The quantitative estimate of drug-likeness (QED) is 0.477. The summed E-state index contributed by atoms with van der Waals surface area (Å²) in [6, 6.07) is 14.4. The summed E-state index contributed by atoms with van der Waals surface area (Å²) in [7, 11) is 1.62. The summed E-state index contributed by atoms with van der Waals surface area (Å²) >= 11 is 0. The smallest absolute Gasteiger partial charge is 0.261 e. The SMILES string of the molecule is COc1ccc(-c2cc3nc([C@@H](C)NC(=O)[C@@H](C)Oc4ccc(F)cc4)nn3cn2)cc1. The lowest BCUT2D eigenvalue weighted by Crippen LogP contribution is -2.38. The van der Waals surface area contributed by atoms with Crippen LogP contribution in [0.2, 0.25) is 0 Å². The second-order valence-electron chi connectivity index (χ2n) is 7.22. The van der Waals surface area contributed by atoms with Crippen LogP contribution in [0.4, 0.5) is 4.39 Å². The molecule has 2 aromatic heterocycles. The van der Waals surface area contributed by atoms with Gasteiger partial charge in [0.15, 0.2) is 17.6 Å². The largest absolute Gasteiger partial charge is 0.497 e. The van der Waals surface area contributed by atoms with Crippen molar-refractivity contribution in [2.24, 2.45) is 0 Å². The van der Waals surface area contributed by atoms with Gasteiger partial charge in [0.2, 0.25) is 0 Å². The second-order valence-corrected chi connectivity index (χ2v) is 7.22. The highest BCUT2D eigenvalue weighted by atomic mass is 19.1. The third kappa shape index (κ3) is 4.66. The van der Waals surface area contributed by atoms with Crippen LogP contribution in [0.1, 0.15) is 25.7 Å². The highest BCUT2D eigenvalue weighted by molar-refractivity contribution is 5.81. The number of nitrogens with one attached hydrogen (secondary N) is 1. The molecule has 2 aromatic carbocycles. The lowest BCUT2D eigenvalue weighted by atomic mass is 10.1. The maximum atomic E-state index is 13.0. The molecule has 0 unspecified atom stereocenters. The number of hydrogen-bond donors (Lipinski definition) is 1. The van der Waals surface area contributed by atoms with Crippen molar-refractivity contribution in [3.63, 3.8) is 0 Å². The molecule has 0 saturated heterocycles. The third-order valence-electron chi connectivity index (χ3n) is 4.87. The minimum absolute atomic E-state index is 0.335. The zero-order chi connectivity index (χ0) is 22.7. The summed E-state index contributed by atoms with van der Waals surface area (Å²) in [6.45, 7) is 3.41. The van der Waals surface area contributed by atoms with Crippen LogP contribution in [0.15, 0.2) is 60.9 Å². The molecular weight excluding hydrogens is 413 g/mol. The molecule has 2 heterocycles. The van der Waals surface area contributed by atoms with Gasteiger partial charge in [-0.05, 0) is 62.4 Å². The number of benzene rings is 2. The van der Waals surface area contributed by atoms with E-state index in [-0.39, 0.29) is 11.7 Å². The molecule has 4 aromatic rings. The topological polar surface area (TPSA) is 90.6 Å². The van der Waals surface area contributed by atoms with Gasteiger partial charge in [-0.3, -0.25) is 4.79 Å². The first-order valence-electron chi connectivity index (χ1n) is 10.0. The number of hydrogen-bond acceptors (Lipinski definition) is 6. The number of amides is 1. The Bertz CT molecular complexity index is 1220. The zero-order valence-electron chi connectivity index (χ0n) is 17.8. The molecule has 4 rings (SSSR count). The summed E-state index contributed by atoms with van der Waals surface area (Å²) < 4.78 is 25.3. The van der Waals surface area contributed by atoms with Crippen molar-refractivity contribution in [2.75, 3.05) is 7.11 Å². The molecule has 8 nitrogen and oxygen atoms in total. The van der Waals surface area contributed by atoms with E-state index >= 15 is 0 Å². The molecule has 1 amide bonds. The summed E-state index contributed by atoms with van der Waals surface area (Å²) in [5.41, 5.74) is 2.28. The molecule has 0 radical (unpaired) electrons. The lowest BCUT2D eigenvalue weighted by molar-refractivity contribution is -0.128. The van der Waals surface area contributed by atoms with Crippen molar-refractivity contribution < 1.29 is 18.7 Å². The minimum atomic E-state index is -0.775. The van der Waals surface area contributed by atoms with Crippen LogP contribution in [0.5, 0.6) is 11.5 Å². The van der Waals surface area contributed by atoms with Crippen molar-refractivity contribution in [3.05, 3.63) is 72.6 Å². The van der Waals surface area contributed by atoms with Gasteiger partial charge in [-0.2, -0.15) is 0 Å².